The molecule has 1 aliphatic rings. The fraction of sp³-hybridized carbons (Fsp3) is 0.417. The second-order valence-corrected chi connectivity index (χ2v) is 8.03. The van der Waals surface area contributed by atoms with Crippen molar-refractivity contribution in [3.05, 3.63) is 53.9 Å². The van der Waals surface area contributed by atoms with Crippen LogP contribution in [0.1, 0.15) is 37.8 Å². The number of nitrogens with zero attached hydrogens (tertiary/aromatic N) is 2. The van der Waals surface area contributed by atoms with Gasteiger partial charge in [-0.3, -0.25) is 0 Å². The van der Waals surface area contributed by atoms with Crippen LogP contribution in [0, 0.1) is 12.8 Å². The molecule has 0 amide bonds. The molecule has 0 radical (unpaired) electrons. The van der Waals surface area contributed by atoms with Crippen molar-refractivity contribution >= 4 is 0 Å². The normalized spacial score (nSPS) is 15.4. The maximum absolute atomic E-state index is 10.4. The molecule has 0 spiro atoms. The van der Waals surface area contributed by atoms with E-state index in [2.05, 4.69) is 29.3 Å². The van der Waals surface area contributed by atoms with Gasteiger partial charge in [0.2, 0.25) is 18.5 Å². The number of aryl methyl sites for hydroxylation is 1. The molecule has 170 valence electrons. The van der Waals surface area contributed by atoms with Crippen molar-refractivity contribution in [3.8, 4) is 28.6 Å². The van der Waals surface area contributed by atoms with Gasteiger partial charge < -0.3 is 29.2 Å². The third-order valence-corrected chi connectivity index (χ3v) is 5.65. The zero-order valence-electron chi connectivity index (χ0n) is 18.6. The van der Waals surface area contributed by atoms with Gasteiger partial charge in [-0.05, 0) is 42.7 Å². The SMILES string of the molecule is CC[C@H](C)[C@H](NC[C@H](O)COc1ccccc1C)c1nc(-c2ccc3c(c2)OCO3)no1. The molecule has 0 unspecified atom stereocenters. The Morgan fingerprint density at radius 3 is 2.78 bits per heavy atom. The Hall–Kier alpha value is -3.10. The van der Waals surface area contributed by atoms with Crippen molar-refractivity contribution in [2.45, 2.75) is 39.3 Å². The maximum atomic E-state index is 10.4. The lowest BCUT2D eigenvalue weighted by atomic mass is 9.99. The standard InChI is InChI=1S/C24H29N3O5/c1-4-15(2)22(25-12-18(28)13-29-19-8-6-5-7-16(19)3)24-26-23(27-32-24)17-9-10-20-21(11-17)31-14-30-20/h5-11,15,18,22,25,28H,4,12-14H2,1-3H3/t15-,18-,22-/m0/s1. The van der Waals surface area contributed by atoms with E-state index in [-0.39, 0.29) is 25.4 Å². The van der Waals surface area contributed by atoms with E-state index in [0.29, 0.717) is 29.8 Å². The van der Waals surface area contributed by atoms with Crippen LogP contribution in [0.5, 0.6) is 17.2 Å². The smallest absolute Gasteiger partial charge is 0.244 e. The van der Waals surface area contributed by atoms with Crippen LogP contribution in [0.3, 0.4) is 0 Å². The first kappa shape index (κ1) is 22.1. The van der Waals surface area contributed by atoms with Crippen LogP contribution >= 0.6 is 0 Å². The van der Waals surface area contributed by atoms with E-state index >= 15 is 0 Å². The van der Waals surface area contributed by atoms with Gasteiger partial charge >= 0.3 is 0 Å². The predicted octanol–water partition coefficient (Wildman–Crippen LogP) is 3.89. The number of fused-ring (bicyclic) bond motifs is 1. The average Bonchev–Trinajstić information content (AvgIpc) is 3.47. The molecule has 0 fully saturated rings. The van der Waals surface area contributed by atoms with Crippen LogP contribution in [0.15, 0.2) is 47.0 Å². The Kier molecular flexibility index (Phi) is 6.92. The summed E-state index contributed by atoms with van der Waals surface area (Å²) < 4.78 is 22.1. The molecule has 2 aromatic carbocycles. The molecule has 3 atom stereocenters. The van der Waals surface area contributed by atoms with Gasteiger partial charge in [0.25, 0.3) is 0 Å². The van der Waals surface area contributed by atoms with Gasteiger partial charge in [-0.25, -0.2) is 0 Å². The molecule has 0 bridgehead atoms. The zero-order chi connectivity index (χ0) is 22.5. The minimum atomic E-state index is -0.683. The highest BCUT2D eigenvalue weighted by atomic mass is 16.7. The molecule has 4 rings (SSSR count). The van der Waals surface area contributed by atoms with Crippen molar-refractivity contribution in [1.82, 2.24) is 15.5 Å². The van der Waals surface area contributed by atoms with Gasteiger partial charge in [0, 0.05) is 12.1 Å². The Morgan fingerprint density at radius 2 is 1.97 bits per heavy atom. The zero-order valence-corrected chi connectivity index (χ0v) is 18.6. The molecule has 32 heavy (non-hydrogen) atoms. The lowest BCUT2D eigenvalue weighted by Crippen LogP contribution is -2.36. The van der Waals surface area contributed by atoms with E-state index in [9.17, 15) is 5.11 Å². The molecule has 1 aliphatic heterocycles. The molecule has 3 aromatic rings. The largest absolute Gasteiger partial charge is 0.491 e. The molecule has 1 aromatic heterocycles. The van der Waals surface area contributed by atoms with Crippen LogP contribution in [-0.2, 0) is 0 Å². The summed E-state index contributed by atoms with van der Waals surface area (Å²) in [5.74, 6) is 3.34. The topological polar surface area (TPSA) is 98.9 Å². The average molecular weight is 440 g/mol. The maximum Gasteiger partial charge on any atom is 0.244 e. The lowest BCUT2D eigenvalue weighted by molar-refractivity contribution is 0.0983. The highest BCUT2D eigenvalue weighted by Gasteiger charge is 2.26. The van der Waals surface area contributed by atoms with E-state index in [1.54, 1.807) is 0 Å². The van der Waals surface area contributed by atoms with Crippen molar-refractivity contribution in [2.75, 3.05) is 19.9 Å². The number of aromatic nitrogens is 2. The van der Waals surface area contributed by atoms with Gasteiger partial charge in [0.15, 0.2) is 11.5 Å². The van der Waals surface area contributed by atoms with Crippen LogP contribution in [0.4, 0.5) is 0 Å². The molecular weight excluding hydrogens is 410 g/mol. The van der Waals surface area contributed by atoms with E-state index in [0.717, 1.165) is 23.3 Å². The molecule has 2 N–H and O–H groups in total. The third-order valence-electron chi connectivity index (χ3n) is 5.65. The highest BCUT2D eigenvalue weighted by molar-refractivity contribution is 5.61. The summed E-state index contributed by atoms with van der Waals surface area (Å²) in [7, 11) is 0. The quantitative estimate of drug-likeness (QED) is 0.491. The number of hydrogen-bond donors (Lipinski definition) is 2. The summed E-state index contributed by atoms with van der Waals surface area (Å²) in [6, 6.07) is 13.1. The number of hydrogen-bond acceptors (Lipinski definition) is 8. The molecule has 8 heteroatoms. The number of nitrogens with one attached hydrogen (secondary N) is 1. The van der Waals surface area contributed by atoms with Gasteiger partial charge in [0.1, 0.15) is 18.5 Å². The molecule has 8 nitrogen and oxygen atoms in total. The Bertz CT molecular complexity index is 1040. The summed E-state index contributed by atoms with van der Waals surface area (Å²) in [4.78, 5) is 4.61. The first-order chi connectivity index (χ1) is 15.5. The summed E-state index contributed by atoms with van der Waals surface area (Å²) in [5, 5.41) is 18.0. The van der Waals surface area contributed by atoms with Crippen LogP contribution in [0.25, 0.3) is 11.4 Å². The number of para-hydroxylation sites is 1. The van der Waals surface area contributed by atoms with Gasteiger partial charge in [-0.2, -0.15) is 4.98 Å². The first-order valence-electron chi connectivity index (χ1n) is 10.9. The van der Waals surface area contributed by atoms with Crippen LogP contribution < -0.4 is 19.5 Å². The molecule has 0 saturated carbocycles. The molecule has 0 saturated heterocycles. The number of benzene rings is 2. The van der Waals surface area contributed by atoms with Crippen molar-refractivity contribution in [1.29, 1.82) is 0 Å². The second kappa shape index (κ2) is 10.0. The van der Waals surface area contributed by atoms with E-state index in [1.807, 2.05) is 49.4 Å². The molecule has 2 heterocycles. The highest BCUT2D eigenvalue weighted by Crippen LogP contribution is 2.35. The third kappa shape index (κ3) is 5.03. The Morgan fingerprint density at radius 1 is 1.16 bits per heavy atom. The number of rotatable bonds is 10. The Labute approximate surface area is 187 Å². The lowest BCUT2D eigenvalue weighted by Gasteiger charge is -2.22. The van der Waals surface area contributed by atoms with Crippen LogP contribution in [0.2, 0.25) is 0 Å². The first-order valence-corrected chi connectivity index (χ1v) is 10.9. The van der Waals surface area contributed by atoms with Crippen LogP contribution in [-0.4, -0.2) is 41.3 Å². The van der Waals surface area contributed by atoms with E-state index in [1.165, 1.54) is 0 Å². The van der Waals surface area contributed by atoms with E-state index < -0.39 is 6.10 Å². The minimum absolute atomic E-state index is 0.191. The number of aliphatic hydroxyl groups excluding tert-OH is 1. The monoisotopic (exact) mass is 439 g/mol. The van der Waals surface area contributed by atoms with Gasteiger partial charge in [-0.15, -0.1) is 0 Å². The minimum Gasteiger partial charge on any atom is -0.491 e. The van der Waals surface area contributed by atoms with Crippen molar-refractivity contribution in [3.63, 3.8) is 0 Å². The van der Waals surface area contributed by atoms with E-state index in [4.69, 9.17) is 18.7 Å². The molecular formula is C24H29N3O5. The summed E-state index contributed by atoms with van der Waals surface area (Å²) in [6.07, 6.45) is 0.229. The van der Waals surface area contributed by atoms with Crippen molar-refractivity contribution < 1.29 is 23.8 Å². The Balaban J connectivity index is 1.40. The fourth-order valence-electron chi connectivity index (χ4n) is 3.51. The number of ether oxygens (including phenoxy) is 3. The number of aliphatic hydroxyl groups is 1. The summed E-state index contributed by atoms with van der Waals surface area (Å²) in [5.41, 5.74) is 1.82. The van der Waals surface area contributed by atoms with Crippen molar-refractivity contribution in [2.24, 2.45) is 5.92 Å². The summed E-state index contributed by atoms with van der Waals surface area (Å²) in [6.45, 7) is 6.93. The predicted molar refractivity (Wildman–Crippen MR) is 119 cm³/mol. The summed E-state index contributed by atoms with van der Waals surface area (Å²) >= 11 is 0. The molecule has 0 aliphatic carbocycles. The van der Waals surface area contributed by atoms with Gasteiger partial charge in [-0.1, -0.05) is 43.6 Å². The fourth-order valence-corrected chi connectivity index (χ4v) is 3.51. The van der Waals surface area contributed by atoms with Gasteiger partial charge in [0.05, 0.1) is 6.04 Å². The second-order valence-electron chi connectivity index (χ2n) is 8.03.